The maximum atomic E-state index is 13.0. The third-order valence-corrected chi connectivity index (χ3v) is 6.78. The summed E-state index contributed by atoms with van der Waals surface area (Å²) in [6.45, 7) is 13.6. The molecule has 1 aromatic carbocycles. The molecule has 0 spiro atoms. The zero-order valence-corrected chi connectivity index (χ0v) is 19.8. The number of fused-ring (bicyclic) bond motifs is 1. The van der Waals surface area contributed by atoms with Crippen LogP contribution in [-0.2, 0) is 16.7 Å². The van der Waals surface area contributed by atoms with E-state index in [0.29, 0.717) is 6.61 Å². The number of hydrogen-bond acceptors (Lipinski definition) is 5. The molecule has 6 nitrogen and oxygen atoms in total. The summed E-state index contributed by atoms with van der Waals surface area (Å²) in [7, 11) is 0. The maximum Gasteiger partial charge on any atom is 0.261 e. The number of ether oxygens (including phenoxy) is 1. The Hall–Kier alpha value is -2.22. The summed E-state index contributed by atoms with van der Waals surface area (Å²) in [5.74, 6) is -0.0169. The van der Waals surface area contributed by atoms with Crippen molar-refractivity contribution in [2.24, 2.45) is 0 Å². The fourth-order valence-electron chi connectivity index (χ4n) is 4.22. The van der Waals surface area contributed by atoms with Crippen molar-refractivity contribution in [1.82, 2.24) is 20.4 Å². The molecular weight excluding hydrogens is 408 g/mol. The molecule has 0 unspecified atom stereocenters. The van der Waals surface area contributed by atoms with Crippen LogP contribution in [0.2, 0.25) is 0 Å². The van der Waals surface area contributed by atoms with Crippen LogP contribution < -0.4 is 5.32 Å². The van der Waals surface area contributed by atoms with Gasteiger partial charge in [0.2, 0.25) is 0 Å². The molecule has 3 aromatic rings. The molecular formula is C24H32N4O2S. The van der Waals surface area contributed by atoms with Crippen molar-refractivity contribution in [2.75, 3.05) is 19.7 Å². The number of carbonyl (C=O) groups is 1. The van der Waals surface area contributed by atoms with Crippen LogP contribution >= 0.6 is 11.3 Å². The molecule has 2 N–H and O–H groups in total. The summed E-state index contributed by atoms with van der Waals surface area (Å²) in [5, 5.41) is 11.7. The normalized spacial score (nSPS) is 18.1. The Bertz CT molecular complexity index is 1060. The molecule has 0 bridgehead atoms. The van der Waals surface area contributed by atoms with E-state index in [2.05, 4.69) is 53.3 Å². The van der Waals surface area contributed by atoms with Gasteiger partial charge in [-0.3, -0.25) is 14.8 Å². The van der Waals surface area contributed by atoms with Crippen molar-refractivity contribution >= 4 is 27.3 Å². The molecule has 0 saturated carbocycles. The van der Waals surface area contributed by atoms with Gasteiger partial charge < -0.3 is 10.1 Å². The van der Waals surface area contributed by atoms with E-state index in [4.69, 9.17) is 4.74 Å². The van der Waals surface area contributed by atoms with Gasteiger partial charge in [0.05, 0.1) is 23.8 Å². The number of aromatic nitrogens is 2. The second kappa shape index (κ2) is 8.73. The molecule has 1 aliphatic rings. The topological polar surface area (TPSA) is 70.2 Å². The zero-order chi connectivity index (χ0) is 22.2. The maximum absolute atomic E-state index is 13.0. The first-order chi connectivity index (χ1) is 14.7. The number of nitrogens with one attached hydrogen (secondary N) is 2. The molecule has 2 aromatic heterocycles. The van der Waals surface area contributed by atoms with Crippen molar-refractivity contribution in [3.8, 4) is 0 Å². The van der Waals surface area contributed by atoms with Gasteiger partial charge in [-0.05, 0) is 25.3 Å². The van der Waals surface area contributed by atoms with Crippen LogP contribution in [0.1, 0.15) is 67.2 Å². The van der Waals surface area contributed by atoms with E-state index in [1.54, 1.807) is 11.3 Å². The Labute approximate surface area is 188 Å². The van der Waals surface area contributed by atoms with Crippen LogP contribution in [0.5, 0.6) is 0 Å². The molecule has 3 heterocycles. The van der Waals surface area contributed by atoms with E-state index in [1.807, 2.05) is 32.2 Å². The average molecular weight is 441 g/mol. The van der Waals surface area contributed by atoms with Crippen LogP contribution in [0.3, 0.4) is 0 Å². The van der Waals surface area contributed by atoms with Crippen LogP contribution in [0.15, 0.2) is 30.5 Å². The van der Waals surface area contributed by atoms with Crippen molar-refractivity contribution in [3.63, 3.8) is 0 Å². The number of carbonyl (C=O) groups excluding carboxylic acids is 1. The van der Waals surface area contributed by atoms with E-state index in [0.717, 1.165) is 40.2 Å². The first-order valence-corrected chi connectivity index (χ1v) is 11.7. The van der Waals surface area contributed by atoms with Gasteiger partial charge in [0.15, 0.2) is 0 Å². The number of H-pyrrole nitrogens is 1. The van der Waals surface area contributed by atoms with E-state index >= 15 is 0 Å². The molecule has 4 rings (SSSR count). The van der Waals surface area contributed by atoms with Gasteiger partial charge in [0, 0.05) is 52.6 Å². The van der Waals surface area contributed by atoms with E-state index in [1.165, 1.54) is 11.3 Å². The molecule has 31 heavy (non-hydrogen) atoms. The SMILES string of the molecule is CC(C)NC(=O)c1sc2ccccc2c1[C@H]1CN(Cc2cn[nH]c2C(C)(C)C)CCO1. The second-order valence-corrected chi connectivity index (χ2v) is 10.6. The third-order valence-electron chi connectivity index (χ3n) is 5.59. The fraction of sp³-hybridized carbons (Fsp3) is 0.500. The molecule has 1 amide bonds. The summed E-state index contributed by atoms with van der Waals surface area (Å²) in [6.07, 6.45) is 1.80. The molecule has 1 fully saturated rings. The molecule has 1 saturated heterocycles. The summed E-state index contributed by atoms with van der Waals surface area (Å²) >= 11 is 1.55. The summed E-state index contributed by atoms with van der Waals surface area (Å²) in [5.41, 5.74) is 3.43. The van der Waals surface area contributed by atoms with Gasteiger partial charge in [0.1, 0.15) is 0 Å². The molecule has 166 valence electrons. The Kier molecular flexibility index (Phi) is 6.19. The van der Waals surface area contributed by atoms with Gasteiger partial charge in [-0.15, -0.1) is 11.3 Å². The lowest BCUT2D eigenvalue weighted by atomic mass is 9.89. The van der Waals surface area contributed by atoms with Crippen molar-refractivity contribution in [3.05, 3.63) is 52.2 Å². The van der Waals surface area contributed by atoms with Crippen LogP contribution in [-0.4, -0.2) is 46.7 Å². The largest absolute Gasteiger partial charge is 0.371 e. The van der Waals surface area contributed by atoms with Crippen LogP contribution in [0.4, 0.5) is 0 Å². The second-order valence-electron chi connectivity index (χ2n) is 9.58. The predicted molar refractivity (Wildman–Crippen MR) is 126 cm³/mol. The number of amides is 1. The molecule has 1 atom stereocenters. The number of morpholine rings is 1. The quantitative estimate of drug-likeness (QED) is 0.607. The minimum absolute atomic E-state index is 0.0169. The molecule has 0 aliphatic carbocycles. The van der Waals surface area contributed by atoms with Crippen molar-refractivity contribution in [1.29, 1.82) is 0 Å². The van der Waals surface area contributed by atoms with Gasteiger partial charge in [-0.2, -0.15) is 5.10 Å². The minimum Gasteiger partial charge on any atom is -0.371 e. The average Bonchev–Trinajstić information content (AvgIpc) is 3.32. The Morgan fingerprint density at radius 1 is 1.35 bits per heavy atom. The highest BCUT2D eigenvalue weighted by Gasteiger charge is 2.31. The lowest BCUT2D eigenvalue weighted by molar-refractivity contribution is -0.0324. The van der Waals surface area contributed by atoms with Gasteiger partial charge >= 0.3 is 0 Å². The number of aromatic amines is 1. The van der Waals surface area contributed by atoms with Gasteiger partial charge in [-0.1, -0.05) is 39.0 Å². The van der Waals surface area contributed by atoms with E-state index < -0.39 is 0 Å². The standard InChI is InChI=1S/C24H32N4O2S/c1-15(2)26-23(29)21-20(17-8-6-7-9-19(17)31-21)18-14-28(10-11-30-18)13-16-12-25-27-22(16)24(3,4)5/h6-9,12,15,18H,10-11,13-14H2,1-5H3,(H,25,27)(H,26,29)/t18-/m1/s1. The monoisotopic (exact) mass is 440 g/mol. The molecule has 0 radical (unpaired) electrons. The Morgan fingerprint density at radius 3 is 2.87 bits per heavy atom. The first kappa shape index (κ1) is 22.0. The molecule has 7 heteroatoms. The van der Waals surface area contributed by atoms with Crippen molar-refractivity contribution < 1.29 is 9.53 Å². The number of thiophene rings is 1. The predicted octanol–water partition coefficient (Wildman–Crippen LogP) is 4.63. The number of benzene rings is 1. The molecule has 1 aliphatic heterocycles. The highest BCUT2D eigenvalue weighted by molar-refractivity contribution is 7.21. The minimum atomic E-state index is -0.136. The zero-order valence-electron chi connectivity index (χ0n) is 19.0. The highest BCUT2D eigenvalue weighted by atomic mass is 32.1. The van der Waals surface area contributed by atoms with Crippen molar-refractivity contribution in [2.45, 2.75) is 58.7 Å². The summed E-state index contributed by atoms with van der Waals surface area (Å²) in [4.78, 5) is 16.2. The Balaban J connectivity index is 1.63. The van der Waals surface area contributed by atoms with Crippen LogP contribution in [0, 0.1) is 0 Å². The van der Waals surface area contributed by atoms with Gasteiger partial charge in [-0.25, -0.2) is 0 Å². The third kappa shape index (κ3) is 4.68. The van der Waals surface area contributed by atoms with Gasteiger partial charge in [0.25, 0.3) is 5.91 Å². The summed E-state index contributed by atoms with van der Waals surface area (Å²) in [6, 6.07) is 8.32. The van der Waals surface area contributed by atoms with E-state index in [9.17, 15) is 4.79 Å². The number of hydrogen-bond donors (Lipinski definition) is 2. The fourth-order valence-corrected chi connectivity index (χ4v) is 5.38. The highest BCUT2D eigenvalue weighted by Crippen LogP contribution is 2.38. The lowest BCUT2D eigenvalue weighted by Crippen LogP contribution is -2.39. The number of nitrogens with zero attached hydrogens (tertiary/aromatic N) is 2. The Morgan fingerprint density at radius 2 is 2.13 bits per heavy atom. The van der Waals surface area contributed by atoms with Crippen LogP contribution in [0.25, 0.3) is 10.1 Å². The first-order valence-electron chi connectivity index (χ1n) is 10.9. The number of rotatable bonds is 5. The smallest absolute Gasteiger partial charge is 0.261 e. The summed E-state index contributed by atoms with van der Waals surface area (Å²) < 4.78 is 7.36. The van der Waals surface area contributed by atoms with E-state index in [-0.39, 0.29) is 23.5 Å². The lowest BCUT2D eigenvalue weighted by Gasteiger charge is -2.34.